The maximum absolute atomic E-state index is 8.68. The quantitative estimate of drug-likeness (QED) is 0.465. The Bertz CT molecular complexity index is 631. The molecule has 5 heteroatoms. The van der Waals surface area contributed by atoms with Gasteiger partial charge in [0.25, 0.3) is 0 Å². The smallest absolute Gasteiger partial charge is 0.151 e. The standard InChI is InChI=1S/C16H13ClN2O2/c17-15-5-1-14(2-6-15)12-19-21-10-9-20-16-7-3-13(11-18)4-8-16/h1-8,12H,9-10H2/b19-12+. The highest BCUT2D eigenvalue weighted by Gasteiger charge is 1.94. The number of nitriles is 1. The lowest BCUT2D eigenvalue weighted by Crippen LogP contribution is -2.04. The van der Waals surface area contributed by atoms with Crippen molar-refractivity contribution in [1.82, 2.24) is 0 Å². The van der Waals surface area contributed by atoms with Gasteiger partial charge < -0.3 is 9.57 Å². The third-order valence-electron chi connectivity index (χ3n) is 2.57. The summed E-state index contributed by atoms with van der Waals surface area (Å²) in [6.45, 7) is 0.716. The molecule has 0 radical (unpaired) electrons. The summed E-state index contributed by atoms with van der Waals surface area (Å²) in [6, 6.07) is 16.2. The highest BCUT2D eigenvalue weighted by atomic mass is 35.5. The average Bonchev–Trinajstić information content (AvgIpc) is 2.53. The first kappa shape index (κ1) is 14.9. The van der Waals surface area contributed by atoms with Gasteiger partial charge in [0.15, 0.2) is 6.61 Å². The summed E-state index contributed by atoms with van der Waals surface area (Å²) in [6.07, 6.45) is 1.61. The lowest BCUT2D eigenvalue weighted by Gasteiger charge is -2.04. The van der Waals surface area contributed by atoms with Gasteiger partial charge in [-0.05, 0) is 42.0 Å². The predicted octanol–water partition coefficient (Wildman–Crippen LogP) is 3.64. The van der Waals surface area contributed by atoms with Crippen LogP contribution in [0.25, 0.3) is 0 Å². The number of halogens is 1. The van der Waals surface area contributed by atoms with E-state index >= 15 is 0 Å². The predicted molar refractivity (Wildman–Crippen MR) is 81.7 cm³/mol. The van der Waals surface area contributed by atoms with E-state index in [0.29, 0.717) is 29.5 Å². The molecule has 0 unspecified atom stereocenters. The van der Waals surface area contributed by atoms with Crippen LogP contribution in [0.4, 0.5) is 0 Å². The van der Waals surface area contributed by atoms with Crippen molar-refractivity contribution >= 4 is 17.8 Å². The fourth-order valence-corrected chi connectivity index (χ4v) is 1.65. The van der Waals surface area contributed by atoms with E-state index in [-0.39, 0.29) is 0 Å². The fourth-order valence-electron chi connectivity index (χ4n) is 1.52. The SMILES string of the molecule is N#Cc1ccc(OCCO/N=C/c2ccc(Cl)cc2)cc1. The molecule has 0 spiro atoms. The van der Waals surface area contributed by atoms with Crippen molar-refractivity contribution in [2.75, 3.05) is 13.2 Å². The summed E-state index contributed by atoms with van der Waals surface area (Å²) in [5.74, 6) is 0.694. The van der Waals surface area contributed by atoms with Gasteiger partial charge in [-0.25, -0.2) is 0 Å². The Hall–Kier alpha value is -2.51. The molecule has 0 aromatic heterocycles. The molecule has 0 bridgehead atoms. The third kappa shape index (κ3) is 5.17. The van der Waals surface area contributed by atoms with Gasteiger partial charge in [-0.1, -0.05) is 28.9 Å². The molecule has 0 amide bonds. The van der Waals surface area contributed by atoms with Crippen molar-refractivity contribution in [3.05, 3.63) is 64.7 Å². The van der Waals surface area contributed by atoms with Crippen molar-refractivity contribution in [3.8, 4) is 11.8 Å². The molecule has 0 heterocycles. The molecular formula is C16H13ClN2O2. The zero-order valence-corrected chi connectivity index (χ0v) is 12.0. The number of benzene rings is 2. The normalized spacial score (nSPS) is 10.3. The van der Waals surface area contributed by atoms with Crippen LogP contribution < -0.4 is 4.74 Å². The Morgan fingerprint density at radius 3 is 2.43 bits per heavy atom. The molecule has 0 aliphatic carbocycles. The second-order valence-corrected chi connectivity index (χ2v) is 4.54. The van der Waals surface area contributed by atoms with Gasteiger partial charge in [0.1, 0.15) is 12.4 Å². The summed E-state index contributed by atoms with van der Waals surface area (Å²) < 4.78 is 5.45. The van der Waals surface area contributed by atoms with Gasteiger partial charge in [0.2, 0.25) is 0 Å². The summed E-state index contributed by atoms with van der Waals surface area (Å²) in [4.78, 5) is 5.09. The lowest BCUT2D eigenvalue weighted by atomic mass is 10.2. The van der Waals surface area contributed by atoms with Crippen LogP contribution in [0, 0.1) is 11.3 Å². The monoisotopic (exact) mass is 300 g/mol. The summed E-state index contributed by atoms with van der Waals surface area (Å²) in [5.41, 5.74) is 1.51. The van der Waals surface area contributed by atoms with Crippen molar-refractivity contribution in [1.29, 1.82) is 5.26 Å². The van der Waals surface area contributed by atoms with Gasteiger partial charge in [0, 0.05) is 5.02 Å². The summed E-state index contributed by atoms with van der Waals surface area (Å²) in [5, 5.41) is 13.2. The first-order valence-electron chi connectivity index (χ1n) is 6.32. The Balaban J connectivity index is 1.67. The molecule has 106 valence electrons. The first-order valence-corrected chi connectivity index (χ1v) is 6.69. The van der Waals surface area contributed by atoms with E-state index in [1.807, 2.05) is 18.2 Å². The topological polar surface area (TPSA) is 54.6 Å². The van der Waals surface area contributed by atoms with Crippen LogP contribution in [0.1, 0.15) is 11.1 Å². The number of ether oxygens (including phenoxy) is 1. The van der Waals surface area contributed by atoms with Crippen molar-refractivity contribution in [3.63, 3.8) is 0 Å². The van der Waals surface area contributed by atoms with Crippen molar-refractivity contribution in [2.24, 2.45) is 5.16 Å². The van der Waals surface area contributed by atoms with Gasteiger partial charge in [0.05, 0.1) is 17.8 Å². The van der Waals surface area contributed by atoms with Crippen LogP contribution in [0.15, 0.2) is 53.7 Å². The van der Waals surface area contributed by atoms with E-state index in [1.54, 1.807) is 42.6 Å². The molecule has 0 fully saturated rings. The molecule has 0 saturated heterocycles. The highest BCUT2D eigenvalue weighted by molar-refractivity contribution is 6.30. The first-order chi connectivity index (χ1) is 10.3. The molecule has 2 rings (SSSR count). The summed E-state index contributed by atoms with van der Waals surface area (Å²) >= 11 is 5.78. The lowest BCUT2D eigenvalue weighted by molar-refractivity contribution is 0.108. The molecule has 0 atom stereocenters. The van der Waals surface area contributed by atoms with Gasteiger partial charge in [-0.3, -0.25) is 0 Å². The van der Waals surface area contributed by atoms with E-state index in [2.05, 4.69) is 5.16 Å². The zero-order valence-electron chi connectivity index (χ0n) is 11.2. The van der Waals surface area contributed by atoms with E-state index in [9.17, 15) is 0 Å². The second kappa shape index (κ2) is 7.93. The van der Waals surface area contributed by atoms with E-state index in [4.69, 9.17) is 26.4 Å². The number of hydrogen-bond donors (Lipinski definition) is 0. The molecule has 21 heavy (non-hydrogen) atoms. The van der Waals surface area contributed by atoms with Gasteiger partial charge in [-0.2, -0.15) is 5.26 Å². The molecule has 0 aliphatic rings. The minimum Gasteiger partial charge on any atom is -0.490 e. The molecule has 4 nitrogen and oxygen atoms in total. The van der Waals surface area contributed by atoms with Crippen LogP contribution in [-0.2, 0) is 4.84 Å². The fraction of sp³-hybridized carbons (Fsp3) is 0.125. The number of rotatable bonds is 6. The Morgan fingerprint density at radius 1 is 1.05 bits per heavy atom. The minimum atomic E-state index is 0.337. The Labute approximate surface area is 128 Å². The second-order valence-electron chi connectivity index (χ2n) is 4.10. The van der Waals surface area contributed by atoms with Crippen LogP contribution in [0.2, 0.25) is 5.02 Å². The summed E-state index contributed by atoms with van der Waals surface area (Å²) in [7, 11) is 0. The van der Waals surface area contributed by atoms with Gasteiger partial charge >= 0.3 is 0 Å². The largest absolute Gasteiger partial charge is 0.490 e. The van der Waals surface area contributed by atoms with Crippen LogP contribution in [0.3, 0.4) is 0 Å². The highest BCUT2D eigenvalue weighted by Crippen LogP contribution is 2.11. The molecular weight excluding hydrogens is 288 g/mol. The molecule has 0 N–H and O–H groups in total. The van der Waals surface area contributed by atoms with E-state index in [0.717, 1.165) is 5.56 Å². The molecule has 0 saturated carbocycles. The van der Waals surface area contributed by atoms with Crippen molar-refractivity contribution in [2.45, 2.75) is 0 Å². The van der Waals surface area contributed by atoms with Crippen LogP contribution in [-0.4, -0.2) is 19.4 Å². The molecule has 0 aliphatic heterocycles. The number of nitrogens with zero attached hydrogens (tertiary/aromatic N) is 2. The third-order valence-corrected chi connectivity index (χ3v) is 2.83. The van der Waals surface area contributed by atoms with Crippen LogP contribution >= 0.6 is 11.6 Å². The maximum atomic E-state index is 8.68. The maximum Gasteiger partial charge on any atom is 0.151 e. The number of hydrogen-bond acceptors (Lipinski definition) is 4. The van der Waals surface area contributed by atoms with Crippen molar-refractivity contribution < 1.29 is 9.57 Å². The molecule has 2 aromatic carbocycles. The molecule has 2 aromatic rings. The number of oxime groups is 1. The van der Waals surface area contributed by atoms with E-state index < -0.39 is 0 Å². The van der Waals surface area contributed by atoms with Gasteiger partial charge in [-0.15, -0.1) is 0 Å². The zero-order chi connectivity index (χ0) is 14.9. The minimum absolute atomic E-state index is 0.337. The Kier molecular flexibility index (Phi) is 5.62. The Morgan fingerprint density at radius 2 is 1.76 bits per heavy atom. The van der Waals surface area contributed by atoms with Crippen LogP contribution in [0.5, 0.6) is 5.75 Å². The van der Waals surface area contributed by atoms with E-state index in [1.165, 1.54) is 0 Å². The average molecular weight is 301 g/mol.